The molecule has 1 aromatic heterocycles. The lowest BCUT2D eigenvalue weighted by Gasteiger charge is -2.10. The van der Waals surface area contributed by atoms with Gasteiger partial charge in [0.05, 0.1) is 25.3 Å². The summed E-state index contributed by atoms with van der Waals surface area (Å²) in [5, 5.41) is 7.88. The topological polar surface area (TPSA) is 59.9 Å². The maximum absolute atomic E-state index is 11.9. The molecule has 0 spiro atoms. The van der Waals surface area contributed by atoms with Crippen LogP contribution >= 0.6 is 11.3 Å². The van der Waals surface area contributed by atoms with Crippen molar-refractivity contribution in [3.63, 3.8) is 0 Å². The molecule has 2 aromatic carbocycles. The zero-order chi connectivity index (χ0) is 16.9. The number of fused-ring (bicyclic) bond motifs is 1. The number of methoxy groups -OCH3 is 2. The molecule has 1 amide bonds. The molecule has 0 fully saturated rings. The van der Waals surface area contributed by atoms with Gasteiger partial charge in [-0.2, -0.15) is 5.10 Å². The van der Waals surface area contributed by atoms with Gasteiger partial charge >= 0.3 is 0 Å². The van der Waals surface area contributed by atoms with E-state index >= 15 is 0 Å². The highest BCUT2D eigenvalue weighted by Gasteiger charge is 2.09. The van der Waals surface area contributed by atoms with E-state index < -0.39 is 0 Å². The number of benzene rings is 2. The van der Waals surface area contributed by atoms with Gasteiger partial charge in [-0.1, -0.05) is 18.2 Å². The van der Waals surface area contributed by atoms with Gasteiger partial charge in [-0.15, -0.1) is 11.3 Å². The molecule has 0 atom stereocenters. The predicted octanol–water partition coefficient (Wildman–Crippen LogP) is 3.68. The van der Waals surface area contributed by atoms with Gasteiger partial charge in [-0.3, -0.25) is 4.79 Å². The van der Waals surface area contributed by atoms with Gasteiger partial charge in [0.15, 0.2) is 0 Å². The number of amides is 1. The average Bonchev–Trinajstić information content (AvgIpc) is 3.16. The Bertz CT molecular complexity index is 883. The SMILES string of the molecule is COc1ccc2ccc(OC)c(/C=N/NC(=O)c3cccs3)c2c1. The second kappa shape index (κ2) is 7.14. The van der Waals surface area contributed by atoms with Crippen LogP contribution in [0.5, 0.6) is 11.5 Å². The minimum absolute atomic E-state index is 0.238. The second-order valence-corrected chi connectivity index (χ2v) is 5.89. The van der Waals surface area contributed by atoms with Crippen LogP contribution < -0.4 is 14.9 Å². The van der Waals surface area contributed by atoms with E-state index in [4.69, 9.17) is 9.47 Å². The lowest BCUT2D eigenvalue weighted by molar-refractivity contribution is 0.0959. The highest BCUT2D eigenvalue weighted by atomic mass is 32.1. The molecule has 0 bridgehead atoms. The number of nitrogens with one attached hydrogen (secondary N) is 1. The molecule has 122 valence electrons. The van der Waals surface area contributed by atoms with Gasteiger partial charge in [0.25, 0.3) is 5.91 Å². The predicted molar refractivity (Wildman–Crippen MR) is 96.4 cm³/mol. The van der Waals surface area contributed by atoms with Crippen molar-refractivity contribution < 1.29 is 14.3 Å². The molecule has 3 aromatic rings. The Morgan fingerprint density at radius 1 is 1.17 bits per heavy atom. The van der Waals surface area contributed by atoms with Crippen LogP contribution in [0.1, 0.15) is 15.2 Å². The first-order chi connectivity index (χ1) is 11.7. The van der Waals surface area contributed by atoms with Crippen molar-refractivity contribution in [1.82, 2.24) is 5.43 Å². The first-order valence-electron chi connectivity index (χ1n) is 7.24. The third-order valence-electron chi connectivity index (χ3n) is 3.55. The van der Waals surface area contributed by atoms with Crippen molar-refractivity contribution in [2.24, 2.45) is 5.10 Å². The fourth-order valence-corrected chi connectivity index (χ4v) is 2.97. The summed E-state index contributed by atoms with van der Waals surface area (Å²) in [4.78, 5) is 12.6. The number of hydrogen-bond acceptors (Lipinski definition) is 5. The molecule has 0 saturated heterocycles. The zero-order valence-electron chi connectivity index (χ0n) is 13.3. The van der Waals surface area contributed by atoms with Gasteiger partial charge in [-0.05, 0) is 40.4 Å². The average molecular weight is 340 g/mol. The Labute approximate surface area is 143 Å². The Balaban J connectivity index is 1.94. The lowest BCUT2D eigenvalue weighted by atomic mass is 10.0. The monoisotopic (exact) mass is 340 g/mol. The molecular weight excluding hydrogens is 324 g/mol. The van der Waals surface area contributed by atoms with Gasteiger partial charge in [0, 0.05) is 5.56 Å². The Morgan fingerprint density at radius 3 is 2.71 bits per heavy atom. The molecule has 3 rings (SSSR count). The molecule has 0 aliphatic heterocycles. The summed E-state index contributed by atoms with van der Waals surface area (Å²) in [6, 6.07) is 13.2. The first kappa shape index (κ1) is 16.0. The summed E-state index contributed by atoms with van der Waals surface area (Å²) in [6.07, 6.45) is 1.59. The van der Waals surface area contributed by atoms with Crippen LogP contribution in [-0.4, -0.2) is 26.3 Å². The molecule has 6 heteroatoms. The molecule has 0 aliphatic rings. The van der Waals surface area contributed by atoms with E-state index in [9.17, 15) is 4.79 Å². The van der Waals surface area contributed by atoms with Gasteiger partial charge in [-0.25, -0.2) is 5.43 Å². The van der Waals surface area contributed by atoms with Crippen molar-refractivity contribution in [3.8, 4) is 11.5 Å². The van der Waals surface area contributed by atoms with Gasteiger partial charge in [0.2, 0.25) is 0 Å². The van der Waals surface area contributed by atoms with E-state index in [1.54, 1.807) is 26.5 Å². The molecule has 0 saturated carbocycles. The van der Waals surface area contributed by atoms with Gasteiger partial charge in [0.1, 0.15) is 11.5 Å². The fourth-order valence-electron chi connectivity index (χ4n) is 2.36. The van der Waals surface area contributed by atoms with Crippen LogP contribution in [0, 0.1) is 0 Å². The highest BCUT2D eigenvalue weighted by Crippen LogP contribution is 2.29. The van der Waals surface area contributed by atoms with Crippen molar-refractivity contribution in [2.75, 3.05) is 14.2 Å². The number of ether oxygens (including phenoxy) is 2. The number of thiophene rings is 1. The van der Waals surface area contributed by atoms with Crippen molar-refractivity contribution in [1.29, 1.82) is 0 Å². The molecular formula is C18H16N2O3S. The van der Waals surface area contributed by atoms with E-state index in [0.29, 0.717) is 10.6 Å². The Morgan fingerprint density at radius 2 is 2.00 bits per heavy atom. The summed E-state index contributed by atoms with van der Waals surface area (Å²) in [6.45, 7) is 0. The normalized spacial score (nSPS) is 10.9. The number of nitrogens with zero attached hydrogens (tertiary/aromatic N) is 1. The van der Waals surface area contributed by atoms with Crippen molar-refractivity contribution in [2.45, 2.75) is 0 Å². The molecule has 0 aliphatic carbocycles. The number of rotatable bonds is 5. The minimum atomic E-state index is -0.238. The summed E-state index contributed by atoms with van der Waals surface area (Å²) in [5.41, 5.74) is 3.31. The molecule has 1 N–H and O–H groups in total. The summed E-state index contributed by atoms with van der Waals surface area (Å²) in [7, 11) is 3.22. The summed E-state index contributed by atoms with van der Waals surface area (Å²) < 4.78 is 10.7. The zero-order valence-corrected chi connectivity index (χ0v) is 14.1. The van der Waals surface area contributed by atoms with Crippen LogP contribution in [0.25, 0.3) is 10.8 Å². The summed E-state index contributed by atoms with van der Waals surface area (Å²) >= 11 is 1.37. The molecule has 5 nitrogen and oxygen atoms in total. The van der Waals surface area contributed by atoms with Crippen LogP contribution in [0.2, 0.25) is 0 Å². The van der Waals surface area contributed by atoms with Crippen molar-refractivity contribution in [3.05, 3.63) is 58.3 Å². The van der Waals surface area contributed by atoms with Crippen LogP contribution in [0.15, 0.2) is 52.9 Å². The van der Waals surface area contributed by atoms with E-state index in [0.717, 1.165) is 22.1 Å². The third-order valence-corrected chi connectivity index (χ3v) is 4.42. The lowest BCUT2D eigenvalue weighted by Crippen LogP contribution is -2.16. The van der Waals surface area contributed by atoms with E-state index in [1.807, 2.05) is 41.8 Å². The summed E-state index contributed by atoms with van der Waals surface area (Å²) in [5.74, 6) is 1.18. The smallest absolute Gasteiger partial charge is 0.281 e. The maximum Gasteiger partial charge on any atom is 0.281 e. The highest BCUT2D eigenvalue weighted by molar-refractivity contribution is 7.12. The quantitative estimate of drug-likeness (QED) is 0.569. The number of hydrogen-bond donors (Lipinski definition) is 1. The van der Waals surface area contributed by atoms with E-state index in [1.165, 1.54) is 11.3 Å². The number of hydrazone groups is 1. The number of carbonyl (C=O) groups excluding carboxylic acids is 1. The van der Waals surface area contributed by atoms with Crippen LogP contribution in [0.4, 0.5) is 0 Å². The van der Waals surface area contributed by atoms with Gasteiger partial charge < -0.3 is 9.47 Å². The van der Waals surface area contributed by atoms with E-state index in [2.05, 4.69) is 10.5 Å². The van der Waals surface area contributed by atoms with Crippen LogP contribution in [0.3, 0.4) is 0 Å². The second-order valence-electron chi connectivity index (χ2n) is 4.94. The molecule has 0 unspecified atom stereocenters. The Hall–Kier alpha value is -2.86. The first-order valence-corrected chi connectivity index (χ1v) is 8.12. The molecule has 0 radical (unpaired) electrons. The van der Waals surface area contributed by atoms with Crippen LogP contribution in [-0.2, 0) is 0 Å². The minimum Gasteiger partial charge on any atom is -0.497 e. The van der Waals surface area contributed by atoms with Crippen molar-refractivity contribution >= 4 is 34.2 Å². The molecule has 24 heavy (non-hydrogen) atoms. The fraction of sp³-hybridized carbons (Fsp3) is 0.111. The Kier molecular flexibility index (Phi) is 4.77. The standard InChI is InChI=1S/C18H16N2O3S/c1-22-13-7-5-12-6-8-16(23-2)15(14(12)10-13)11-19-20-18(21)17-4-3-9-24-17/h3-11H,1-2H3,(H,20,21)/b19-11+. The molecule has 1 heterocycles. The largest absolute Gasteiger partial charge is 0.497 e. The third kappa shape index (κ3) is 3.23. The van der Waals surface area contributed by atoms with E-state index in [-0.39, 0.29) is 5.91 Å². The maximum atomic E-state index is 11.9. The number of carbonyl (C=O) groups is 1.